The van der Waals surface area contributed by atoms with Crippen LogP contribution in [0.3, 0.4) is 0 Å². The van der Waals surface area contributed by atoms with Gasteiger partial charge in [0.1, 0.15) is 17.2 Å². The fourth-order valence-corrected chi connectivity index (χ4v) is 3.97. The Morgan fingerprint density at radius 1 is 1.00 bits per heavy atom. The Labute approximate surface area is 147 Å². The second-order valence-electron chi connectivity index (χ2n) is 7.09. The lowest BCUT2D eigenvalue weighted by atomic mass is 9.73. The number of phenols is 3. The van der Waals surface area contributed by atoms with Crippen molar-refractivity contribution in [3.05, 3.63) is 51.6 Å². The number of carbonyl (C=O) groups is 2. The Kier molecular flexibility index (Phi) is 3.22. The van der Waals surface area contributed by atoms with Crippen LogP contribution in [0.1, 0.15) is 62.4 Å². The van der Waals surface area contributed by atoms with E-state index in [9.17, 15) is 35.1 Å². The number of hydrogen-bond acceptors (Lipinski definition) is 7. The largest absolute Gasteiger partial charge is 0.507 e. The van der Waals surface area contributed by atoms with Gasteiger partial charge in [0.2, 0.25) is 5.78 Å². The summed E-state index contributed by atoms with van der Waals surface area (Å²) in [5.74, 6) is -3.09. The molecule has 2 aromatic rings. The van der Waals surface area contributed by atoms with Gasteiger partial charge in [0, 0.05) is 29.5 Å². The Morgan fingerprint density at radius 3 is 2.35 bits per heavy atom. The third-order valence-electron chi connectivity index (χ3n) is 5.08. The summed E-state index contributed by atoms with van der Waals surface area (Å²) in [6.45, 7) is 1.47. The number of benzene rings is 2. The minimum atomic E-state index is -1.34. The molecule has 0 bridgehead atoms. The molecule has 0 saturated heterocycles. The lowest BCUT2D eigenvalue weighted by molar-refractivity contribution is -0.00904. The fourth-order valence-electron chi connectivity index (χ4n) is 3.97. The fraction of sp³-hybridized carbons (Fsp3) is 0.263. The van der Waals surface area contributed by atoms with Crippen molar-refractivity contribution < 1.29 is 35.1 Å². The number of aliphatic hydroxyl groups is 2. The van der Waals surface area contributed by atoms with E-state index in [2.05, 4.69) is 0 Å². The topological polar surface area (TPSA) is 135 Å². The first-order chi connectivity index (χ1) is 12.1. The van der Waals surface area contributed by atoms with Crippen molar-refractivity contribution in [2.75, 3.05) is 0 Å². The van der Waals surface area contributed by atoms with Crippen molar-refractivity contribution in [1.29, 1.82) is 0 Å². The molecule has 0 aliphatic heterocycles. The average molecular weight is 356 g/mol. The number of ketones is 2. The summed E-state index contributed by atoms with van der Waals surface area (Å²) >= 11 is 0. The van der Waals surface area contributed by atoms with E-state index in [0.29, 0.717) is 0 Å². The molecule has 0 radical (unpaired) electrons. The summed E-state index contributed by atoms with van der Waals surface area (Å²) in [7, 11) is 0. The van der Waals surface area contributed by atoms with Gasteiger partial charge in [-0.2, -0.15) is 0 Å². The number of aromatic hydroxyl groups is 3. The quantitative estimate of drug-likeness (QED) is 0.383. The second kappa shape index (κ2) is 5.06. The van der Waals surface area contributed by atoms with Crippen molar-refractivity contribution in [3.63, 3.8) is 0 Å². The van der Waals surface area contributed by atoms with Crippen LogP contribution >= 0.6 is 0 Å². The van der Waals surface area contributed by atoms with Gasteiger partial charge in [-0.25, -0.2) is 0 Å². The monoisotopic (exact) mass is 356 g/mol. The van der Waals surface area contributed by atoms with E-state index in [4.69, 9.17) is 0 Å². The zero-order chi connectivity index (χ0) is 19.0. The van der Waals surface area contributed by atoms with E-state index in [1.807, 2.05) is 0 Å². The van der Waals surface area contributed by atoms with Crippen LogP contribution in [0.4, 0.5) is 0 Å². The van der Waals surface area contributed by atoms with Gasteiger partial charge >= 0.3 is 0 Å². The maximum atomic E-state index is 12.9. The van der Waals surface area contributed by atoms with E-state index >= 15 is 0 Å². The van der Waals surface area contributed by atoms with E-state index in [1.54, 1.807) is 0 Å². The third kappa shape index (κ3) is 2.01. The molecule has 2 aliphatic rings. The lowest BCUT2D eigenvalue weighted by Gasteiger charge is -2.35. The molecule has 2 aliphatic carbocycles. The van der Waals surface area contributed by atoms with E-state index in [1.165, 1.54) is 25.1 Å². The van der Waals surface area contributed by atoms with Crippen molar-refractivity contribution in [3.8, 4) is 17.2 Å². The van der Waals surface area contributed by atoms with Gasteiger partial charge in [-0.1, -0.05) is 12.1 Å². The molecule has 7 heteroatoms. The van der Waals surface area contributed by atoms with Gasteiger partial charge < -0.3 is 25.5 Å². The molecular formula is C19H16O7. The summed E-state index contributed by atoms with van der Waals surface area (Å²) in [5.41, 5.74) is -2.54. The zero-order valence-electron chi connectivity index (χ0n) is 13.8. The Hall–Kier alpha value is -2.90. The minimum Gasteiger partial charge on any atom is -0.507 e. The number of carbonyl (C=O) groups excluding carboxylic acids is 2. The molecule has 0 heterocycles. The Morgan fingerprint density at radius 2 is 1.65 bits per heavy atom. The van der Waals surface area contributed by atoms with Crippen LogP contribution in [0.2, 0.25) is 0 Å². The number of phenolic OH excluding ortho intramolecular Hbond substituents is 3. The Bertz CT molecular complexity index is 1000. The first kappa shape index (κ1) is 16.6. The summed E-state index contributed by atoms with van der Waals surface area (Å²) in [6.07, 6.45) is -1.52. The Balaban J connectivity index is 2.08. The van der Waals surface area contributed by atoms with Crippen LogP contribution in [0, 0.1) is 0 Å². The molecule has 0 unspecified atom stereocenters. The number of hydrogen-bond donors (Lipinski definition) is 5. The van der Waals surface area contributed by atoms with Gasteiger partial charge in [-0.3, -0.25) is 9.59 Å². The molecular weight excluding hydrogens is 340 g/mol. The number of fused-ring (bicyclic) bond motifs is 3. The second-order valence-corrected chi connectivity index (χ2v) is 7.09. The predicted molar refractivity (Wildman–Crippen MR) is 88.6 cm³/mol. The van der Waals surface area contributed by atoms with Crippen LogP contribution in [0.15, 0.2) is 18.2 Å². The molecule has 0 fully saturated rings. The maximum Gasteiger partial charge on any atom is 0.202 e. The van der Waals surface area contributed by atoms with E-state index in [0.717, 1.165) is 0 Å². The average Bonchev–Trinajstić information content (AvgIpc) is 2.54. The standard InChI is InChI=1S/C19H16O7/c1-19(26)5-8-12(10(21)6-19)18(25)14-13(16(8)23)15(22)7-3-2-4-9(20)11(7)17(14)24/h2-4,10,20-21,23,25-26H,5-6H2,1H3/t10-,19-/m0/s1. The maximum absolute atomic E-state index is 12.9. The van der Waals surface area contributed by atoms with Crippen LogP contribution in [-0.4, -0.2) is 42.7 Å². The van der Waals surface area contributed by atoms with Gasteiger partial charge in [-0.05, 0) is 13.0 Å². The summed E-state index contributed by atoms with van der Waals surface area (Å²) in [6, 6.07) is 3.99. The highest BCUT2D eigenvalue weighted by Gasteiger charge is 2.44. The molecule has 2 aromatic carbocycles. The highest BCUT2D eigenvalue weighted by atomic mass is 16.3. The van der Waals surface area contributed by atoms with E-state index in [-0.39, 0.29) is 40.7 Å². The normalized spacial score (nSPS) is 24.0. The van der Waals surface area contributed by atoms with Gasteiger partial charge in [-0.15, -0.1) is 0 Å². The molecule has 2 atom stereocenters. The van der Waals surface area contributed by atoms with Crippen molar-refractivity contribution in [2.45, 2.75) is 31.5 Å². The highest BCUT2D eigenvalue weighted by Crippen LogP contribution is 2.50. The molecule has 0 saturated carbocycles. The van der Waals surface area contributed by atoms with Crippen LogP contribution < -0.4 is 0 Å². The summed E-state index contributed by atoms with van der Waals surface area (Å²) in [4.78, 5) is 25.7. The van der Waals surface area contributed by atoms with Crippen LogP contribution in [0.25, 0.3) is 0 Å². The van der Waals surface area contributed by atoms with Crippen molar-refractivity contribution >= 4 is 11.6 Å². The number of aliphatic hydroxyl groups excluding tert-OH is 1. The molecule has 0 aromatic heterocycles. The first-order valence-electron chi connectivity index (χ1n) is 8.06. The third-order valence-corrected chi connectivity index (χ3v) is 5.08. The summed E-state index contributed by atoms with van der Waals surface area (Å²) < 4.78 is 0. The molecule has 26 heavy (non-hydrogen) atoms. The van der Waals surface area contributed by atoms with E-state index < -0.39 is 46.1 Å². The zero-order valence-corrected chi connectivity index (χ0v) is 13.8. The van der Waals surface area contributed by atoms with Gasteiger partial charge in [0.15, 0.2) is 5.78 Å². The molecule has 134 valence electrons. The van der Waals surface area contributed by atoms with Gasteiger partial charge in [0.25, 0.3) is 0 Å². The van der Waals surface area contributed by atoms with Crippen molar-refractivity contribution in [2.24, 2.45) is 0 Å². The predicted octanol–water partition coefficient (Wildman–Crippen LogP) is 1.31. The molecule has 7 nitrogen and oxygen atoms in total. The van der Waals surface area contributed by atoms with Gasteiger partial charge in [0.05, 0.1) is 28.4 Å². The molecule has 0 amide bonds. The smallest absolute Gasteiger partial charge is 0.202 e. The lowest BCUT2D eigenvalue weighted by Crippen LogP contribution is -2.35. The molecule has 0 spiro atoms. The number of rotatable bonds is 0. The van der Waals surface area contributed by atoms with Crippen LogP contribution in [0.5, 0.6) is 17.2 Å². The molecule has 4 rings (SSSR count). The molecule has 5 N–H and O–H groups in total. The van der Waals surface area contributed by atoms with Crippen LogP contribution in [-0.2, 0) is 6.42 Å². The van der Waals surface area contributed by atoms with Crippen molar-refractivity contribution in [1.82, 2.24) is 0 Å². The minimum absolute atomic E-state index is 0.0368. The SMILES string of the molecule is C[C@]1(O)Cc2c(O)c3c(c(O)c2[C@@H](O)C1)C(=O)c1c(O)cccc1C3=O. The highest BCUT2D eigenvalue weighted by molar-refractivity contribution is 6.31. The summed E-state index contributed by atoms with van der Waals surface area (Å²) in [5, 5.41) is 51.9. The first-order valence-corrected chi connectivity index (χ1v) is 8.06.